The summed E-state index contributed by atoms with van der Waals surface area (Å²) in [6, 6.07) is 18.3. The van der Waals surface area contributed by atoms with Crippen molar-refractivity contribution >= 4 is 28.3 Å². The van der Waals surface area contributed by atoms with Gasteiger partial charge in [0.2, 0.25) is 5.91 Å². The van der Waals surface area contributed by atoms with E-state index in [0.717, 1.165) is 41.8 Å². The van der Waals surface area contributed by atoms with Gasteiger partial charge in [0.25, 0.3) is 5.82 Å². The zero-order chi connectivity index (χ0) is 17.2. The number of carbonyl (C=O) groups is 1. The van der Waals surface area contributed by atoms with Gasteiger partial charge in [-0.2, -0.15) is 0 Å². The molecule has 2 N–H and O–H groups in total. The van der Waals surface area contributed by atoms with Gasteiger partial charge in [0.05, 0.1) is 24.8 Å². The molecule has 1 amide bonds. The maximum atomic E-state index is 12.6. The number of nitrogens with one attached hydrogen (secondary N) is 2. The Morgan fingerprint density at radius 1 is 1.12 bits per heavy atom. The topological polar surface area (TPSA) is 46.5 Å². The van der Waals surface area contributed by atoms with Crippen LogP contribution in [0.4, 0.5) is 11.5 Å². The molecule has 0 radical (unpaired) electrons. The van der Waals surface area contributed by atoms with E-state index in [1.165, 1.54) is 11.1 Å². The number of aromatic amines is 1. The van der Waals surface area contributed by atoms with Gasteiger partial charge in [-0.05, 0) is 24.1 Å². The average molecular weight is 332 g/mol. The minimum Gasteiger partial charge on any atom is -0.325 e. The fourth-order valence-corrected chi connectivity index (χ4v) is 3.50. The molecule has 25 heavy (non-hydrogen) atoms. The number of H-pyrrole nitrogens is 1. The van der Waals surface area contributed by atoms with Crippen molar-refractivity contribution in [2.45, 2.75) is 19.3 Å². The Kier molecular flexibility index (Phi) is 4.10. The van der Waals surface area contributed by atoms with Gasteiger partial charge in [-0.25, -0.2) is 4.98 Å². The van der Waals surface area contributed by atoms with Crippen LogP contribution in [0, 0.1) is 0 Å². The number of hydrogen-bond donors (Lipinski definition) is 1. The quantitative estimate of drug-likeness (QED) is 0.797. The summed E-state index contributed by atoms with van der Waals surface area (Å²) in [4.78, 5) is 18.3. The number of aromatic nitrogens is 1. The van der Waals surface area contributed by atoms with E-state index in [9.17, 15) is 4.79 Å². The summed E-state index contributed by atoms with van der Waals surface area (Å²) in [7, 11) is 2.08. The van der Waals surface area contributed by atoms with Crippen LogP contribution in [0.3, 0.4) is 0 Å². The number of benzene rings is 2. The fraction of sp³-hybridized carbons (Fsp3) is 0.238. The van der Waals surface area contributed by atoms with Gasteiger partial charge in [-0.15, -0.1) is 0 Å². The van der Waals surface area contributed by atoms with Crippen LogP contribution in [0.1, 0.15) is 17.5 Å². The van der Waals surface area contributed by atoms with Crippen molar-refractivity contribution in [3.8, 4) is 0 Å². The lowest BCUT2D eigenvalue weighted by Crippen LogP contribution is -2.22. The Bertz CT molecular complexity index is 921. The molecule has 0 fully saturated rings. The van der Waals surface area contributed by atoms with Crippen molar-refractivity contribution < 1.29 is 9.78 Å². The van der Waals surface area contributed by atoms with Gasteiger partial charge < -0.3 is 5.32 Å². The molecule has 126 valence electrons. The highest BCUT2D eigenvalue weighted by molar-refractivity contribution is 6.02. The third kappa shape index (κ3) is 3.07. The number of anilines is 2. The maximum absolute atomic E-state index is 12.6. The van der Waals surface area contributed by atoms with Crippen molar-refractivity contribution in [2.75, 3.05) is 23.8 Å². The van der Waals surface area contributed by atoms with Gasteiger partial charge in [-0.3, -0.25) is 9.69 Å². The summed E-state index contributed by atoms with van der Waals surface area (Å²) in [5.41, 5.74) is 4.41. The predicted octanol–water partition coefficient (Wildman–Crippen LogP) is 3.22. The third-order valence-corrected chi connectivity index (χ3v) is 4.86. The Morgan fingerprint density at radius 2 is 1.88 bits per heavy atom. The molecular formula is C21H22N3O+. The first-order valence-electron chi connectivity index (χ1n) is 8.74. The first-order valence-corrected chi connectivity index (χ1v) is 8.74. The highest BCUT2D eigenvalue weighted by Gasteiger charge is 2.29. The molecule has 4 nitrogen and oxygen atoms in total. The number of rotatable bonds is 4. The molecule has 0 saturated heterocycles. The molecule has 0 saturated carbocycles. The second-order valence-electron chi connectivity index (χ2n) is 6.58. The molecule has 1 aliphatic rings. The second kappa shape index (κ2) is 6.55. The number of fused-ring (bicyclic) bond motifs is 2. The number of para-hydroxylation sites is 1. The van der Waals surface area contributed by atoms with Gasteiger partial charge in [0, 0.05) is 18.2 Å². The van der Waals surface area contributed by atoms with Crippen molar-refractivity contribution in [3.05, 3.63) is 65.7 Å². The Morgan fingerprint density at radius 3 is 2.72 bits per heavy atom. The maximum Gasteiger partial charge on any atom is 0.280 e. The summed E-state index contributed by atoms with van der Waals surface area (Å²) < 4.78 is 0. The number of aryl methyl sites for hydroxylation is 1. The summed E-state index contributed by atoms with van der Waals surface area (Å²) >= 11 is 0. The van der Waals surface area contributed by atoms with Crippen LogP contribution in [0.5, 0.6) is 0 Å². The number of likely N-dealkylation sites (N-methyl/N-ethyl adjacent to an activating group) is 1. The van der Waals surface area contributed by atoms with E-state index in [2.05, 4.69) is 46.5 Å². The molecule has 4 rings (SSSR count). The summed E-state index contributed by atoms with van der Waals surface area (Å²) in [6.07, 6.45) is 2.19. The molecule has 2 heterocycles. The van der Waals surface area contributed by atoms with E-state index in [-0.39, 0.29) is 5.91 Å². The number of amides is 1. The van der Waals surface area contributed by atoms with Crippen LogP contribution in [0.25, 0.3) is 10.9 Å². The first-order chi connectivity index (χ1) is 12.2. The smallest absolute Gasteiger partial charge is 0.280 e. The zero-order valence-corrected chi connectivity index (χ0v) is 14.4. The normalized spacial score (nSPS) is 13.1. The predicted molar refractivity (Wildman–Crippen MR) is 101 cm³/mol. The van der Waals surface area contributed by atoms with Crippen molar-refractivity contribution in [3.63, 3.8) is 0 Å². The highest BCUT2D eigenvalue weighted by Crippen LogP contribution is 2.34. The number of nitrogens with zero attached hydrogens (tertiary/aromatic N) is 1. The van der Waals surface area contributed by atoms with Crippen LogP contribution >= 0.6 is 0 Å². The monoisotopic (exact) mass is 332 g/mol. The molecule has 1 aromatic heterocycles. The Balaban J connectivity index is 1.61. The van der Waals surface area contributed by atoms with E-state index in [4.69, 9.17) is 0 Å². The van der Waals surface area contributed by atoms with Gasteiger partial charge in [0.1, 0.15) is 5.52 Å². The molecular weight excluding hydrogens is 310 g/mol. The Hall–Kier alpha value is -2.88. The number of hydrogen-bond acceptors (Lipinski definition) is 2. The second-order valence-corrected chi connectivity index (χ2v) is 6.58. The summed E-state index contributed by atoms with van der Waals surface area (Å²) in [5.74, 6) is 1.18. The van der Waals surface area contributed by atoms with E-state index in [0.29, 0.717) is 6.42 Å². The van der Waals surface area contributed by atoms with Crippen molar-refractivity contribution in [1.82, 2.24) is 0 Å². The van der Waals surface area contributed by atoms with Crippen molar-refractivity contribution in [1.29, 1.82) is 0 Å². The van der Waals surface area contributed by atoms with Gasteiger partial charge in [-0.1, -0.05) is 42.5 Å². The lowest BCUT2D eigenvalue weighted by molar-refractivity contribution is -0.329. The first kappa shape index (κ1) is 15.6. The van der Waals surface area contributed by atoms with E-state index >= 15 is 0 Å². The minimum absolute atomic E-state index is 0.0666. The van der Waals surface area contributed by atoms with Crippen LogP contribution in [-0.4, -0.2) is 19.5 Å². The molecule has 1 aliphatic heterocycles. The average Bonchev–Trinajstić information content (AvgIpc) is 3.02. The Labute approximate surface area is 147 Å². The van der Waals surface area contributed by atoms with Crippen LogP contribution in [0.2, 0.25) is 0 Å². The third-order valence-electron chi connectivity index (χ3n) is 4.86. The lowest BCUT2D eigenvalue weighted by atomic mass is 10.1. The van der Waals surface area contributed by atoms with E-state index < -0.39 is 0 Å². The molecule has 0 bridgehead atoms. The highest BCUT2D eigenvalue weighted by atomic mass is 16.1. The van der Waals surface area contributed by atoms with Crippen molar-refractivity contribution in [2.24, 2.45) is 0 Å². The largest absolute Gasteiger partial charge is 0.325 e. The minimum atomic E-state index is 0.0666. The number of carbonyl (C=O) groups excluding carboxylic acids is 1. The standard InChI is InChI=1S/C21H21N3O/c1-24-14-13-17-20(16-9-5-6-10-18(16)22-21(17)24)23-19(25)12-11-15-7-3-2-4-8-15/h2-10H,11-14H2,1H3,(H,22,23,25)/p+1. The molecule has 0 aliphatic carbocycles. The van der Waals surface area contributed by atoms with Gasteiger partial charge >= 0.3 is 0 Å². The fourth-order valence-electron chi connectivity index (χ4n) is 3.50. The zero-order valence-electron chi connectivity index (χ0n) is 14.4. The molecule has 0 unspecified atom stereocenters. The van der Waals surface area contributed by atoms with Crippen LogP contribution in [-0.2, 0) is 17.6 Å². The van der Waals surface area contributed by atoms with E-state index in [1.54, 1.807) is 0 Å². The molecule has 4 heteroatoms. The SMILES string of the molecule is CN1CCc2c1[nH+]c1ccccc1c2NC(=O)CCc1ccccc1. The van der Waals surface area contributed by atoms with E-state index in [1.807, 2.05) is 30.3 Å². The van der Waals surface area contributed by atoms with Gasteiger partial charge in [0.15, 0.2) is 0 Å². The van der Waals surface area contributed by atoms with Crippen LogP contribution < -0.4 is 15.2 Å². The molecule has 2 aromatic carbocycles. The molecule has 0 spiro atoms. The summed E-state index contributed by atoms with van der Waals surface area (Å²) in [6.45, 7) is 0.967. The summed E-state index contributed by atoms with van der Waals surface area (Å²) in [5, 5.41) is 4.26. The molecule has 0 atom stereocenters. The molecule has 3 aromatic rings. The van der Waals surface area contributed by atoms with Crippen LogP contribution in [0.15, 0.2) is 54.6 Å². The number of pyridine rings is 1. The lowest BCUT2D eigenvalue weighted by Gasteiger charge is -2.12.